The molecule has 5 nitrogen and oxygen atoms in total. The lowest BCUT2D eigenvalue weighted by Gasteiger charge is -2.07. The topological polar surface area (TPSA) is 56.0 Å². The molecule has 4 aromatic heterocycles. The average molecular weight is 377 g/mol. The maximum atomic E-state index is 4.54. The van der Waals surface area contributed by atoms with Gasteiger partial charge in [-0.25, -0.2) is 9.97 Å². The number of hydrogen-bond acceptors (Lipinski definition) is 6. The minimum Gasteiger partial charge on any atom is -0.270 e. The monoisotopic (exact) mass is 377 g/mol. The van der Waals surface area contributed by atoms with Gasteiger partial charge in [0.1, 0.15) is 16.2 Å². The Morgan fingerprint density at radius 3 is 2.77 bits per heavy atom. The zero-order valence-electron chi connectivity index (χ0n) is 14.5. The van der Waals surface area contributed by atoms with Crippen molar-refractivity contribution < 1.29 is 0 Å². The molecule has 0 aliphatic rings. The standard InChI is InChI=1S/C19H15N5S2/c1-10-8-15-22-23-19(24(15)14-7-5-4-6-13(10)14)26-18-16-11(2)12(3)25-17(16)20-9-21-18/h4-9H,1-3H3. The molecule has 0 N–H and O–H groups in total. The lowest BCUT2D eigenvalue weighted by molar-refractivity contribution is 0.935. The molecule has 1 aromatic carbocycles. The Morgan fingerprint density at radius 1 is 1.04 bits per heavy atom. The lowest BCUT2D eigenvalue weighted by atomic mass is 10.1. The van der Waals surface area contributed by atoms with Gasteiger partial charge in [0, 0.05) is 15.6 Å². The van der Waals surface area contributed by atoms with E-state index in [1.165, 1.54) is 21.4 Å². The van der Waals surface area contributed by atoms with Gasteiger partial charge >= 0.3 is 0 Å². The molecule has 0 saturated carbocycles. The van der Waals surface area contributed by atoms with Crippen LogP contribution in [0, 0.1) is 20.8 Å². The molecule has 0 atom stereocenters. The number of aryl methyl sites for hydroxylation is 3. The van der Waals surface area contributed by atoms with Gasteiger partial charge in [0.2, 0.25) is 5.16 Å². The highest BCUT2D eigenvalue weighted by atomic mass is 32.2. The summed E-state index contributed by atoms with van der Waals surface area (Å²) in [6.07, 6.45) is 1.63. The number of para-hydroxylation sites is 1. The van der Waals surface area contributed by atoms with Crippen molar-refractivity contribution in [3.8, 4) is 0 Å². The summed E-state index contributed by atoms with van der Waals surface area (Å²) in [5, 5.41) is 12.9. The zero-order valence-corrected chi connectivity index (χ0v) is 16.1. The minimum absolute atomic E-state index is 0.819. The minimum atomic E-state index is 0.819. The molecule has 26 heavy (non-hydrogen) atoms. The van der Waals surface area contributed by atoms with Gasteiger partial charge in [-0.3, -0.25) is 4.40 Å². The molecule has 5 rings (SSSR count). The van der Waals surface area contributed by atoms with Crippen LogP contribution in [0.5, 0.6) is 0 Å². The van der Waals surface area contributed by atoms with E-state index in [1.54, 1.807) is 29.4 Å². The van der Waals surface area contributed by atoms with Crippen LogP contribution in [-0.4, -0.2) is 24.6 Å². The third-order valence-corrected chi connectivity index (χ3v) is 6.76. The number of pyridine rings is 1. The van der Waals surface area contributed by atoms with Crippen LogP contribution in [0.1, 0.15) is 16.0 Å². The third-order valence-electron chi connectivity index (χ3n) is 4.69. The molecule has 0 spiro atoms. The zero-order chi connectivity index (χ0) is 17.8. The van der Waals surface area contributed by atoms with Crippen molar-refractivity contribution >= 4 is 49.9 Å². The van der Waals surface area contributed by atoms with Gasteiger partial charge in [0.15, 0.2) is 5.65 Å². The summed E-state index contributed by atoms with van der Waals surface area (Å²) in [7, 11) is 0. The number of benzene rings is 1. The molecular formula is C19H15N5S2. The first-order valence-corrected chi connectivity index (χ1v) is 9.89. The van der Waals surface area contributed by atoms with Gasteiger partial charge < -0.3 is 0 Å². The summed E-state index contributed by atoms with van der Waals surface area (Å²) < 4.78 is 2.11. The van der Waals surface area contributed by atoms with E-state index in [2.05, 4.69) is 69.6 Å². The predicted octanol–water partition coefficient (Wildman–Crippen LogP) is 4.96. The van der Waals surface area contributed by atoms with Gasteiger partial charge in [0.05, 0.1) is 5.52 Å². The molecule has 0 saturated heterocycles. The van der Waals surface area contributed by atoms with Gasteiger partial charge in [-0.05, 0) is 55.8 Å². The molecular weight excluding hydrogens is 362 g/mol. The fourth-order valence-corrected chi connectivity index (χ4v) is 5.31. The first-order chi connectivity index (χ1) is 12.6. The van der Waals surface area contributed by atoms with Gasteiger partial charge in [-0.2, -0.15) is 0 Å². The molecule has 5 aromatic rings. The van der Waals surface area contributed by atoms with Crippen molar-refractivity contribution in [2.75, 3.05) is 0 Å². The summed E-state index contributed by atoms with van der Waals surface area (Å²) in [5.41, 5.74) is 4.40. The Hall–Kier alpha value is -2.51. The van der Waals surface area contributed by atoms with Gasteiger partial charge in [-0.15, -0.1) is 21.5 Å². The fraction of sp³-hybridized carbons (Fsp3) is 0.158. The Balaban J connectivity index is 1.76. The van der Waals surface area contributed by atoms with Crippen LogP contribution in [0.4, 0.5) is 0 Å². The second kappa shape index (κ2) is 5.75. The second-order valence-corrected chi connectivity index (χ2v) is 8.42. The smallest absolute Gasteiger partial charge is 0.202 e. The molecule has 0 radical (unpaired) electrons. The molecule has 4 heterocycles. The number of nitrogens with zero attached hydrogens (tertiary/aromatic N) is 5. The Kier molecular flexibility index (Phi) is 3.48. The average Bonchev–Trinajstić information content (AvgIpc) is 3.17. The molecule has 0 unspecified atom stereocenters. The molecule has 0 aliphatic carbocycles. The summed E-state index contributed by atoms with van der Waals surface area (Å²) in [4.78, 5) is 11.3. The number of fused-ring (bicyclic) bond motifs is 4. The van der Waals surface area contributed by atoms with Crippen LogP contribution in [0.3, 0.4) is 0 Å². The highest BCUT2D eigenvalue weighted by Crippen LogP contribution is 2.37. The third kappa shape index (κ3) is 2.24. The Labute approximate surface area is 158 Å². The molecule has 128 valence electrons. The maximum absolute atomic E-state index is 4.54. The second-order valence-electron chi connectivity index (χ2n) is 6.26. The van der Waals surface area contributed by atoms with Crippen LogP contribution >= 0.6 is 23.1 Å². The van der Waals surface area contributed by atoms with Crippen molar-refractivity contribution in [3.05, 3.63) is 52.7 Å². The molecule has 0 bridgehead atoms. The summed E-state index contributed by atoms with van der Waals surface area (Å²) in [6.45, 7) is 6.36. The van der Waals surface area contributed by atoms with E-state index in [9.17, 15) is 0 Å². The summed E-state index contributed by atoms with van der Waals surface area (Å²) in [6, 6.07) is 10.4. The van der Waals surface area contributed by atoms with E-state index in [0.717, 1.165) is 31.6 Å². The first kappa shape index (κ1) is 15.7. The Morgan fingerprint density at radius 2 is 1.88 bits per heavy atom. The van der Waals surface area contributed by atoms with E-state index >= 15 is 0 Å². The highest BCUT2D eigenvalue weighted by molar-refractivity contribution is 7.99. The van der Waals surface area contributed by atoms with E-state index in [-0.39, 0.29) is 0 Å². The van der Waals surface area contributed by atoms with Crippen molar-refractivity contribution in [3.63, 3.8) is 0 Å². The van der Waals surface area contributed by atoms with Crippen molar-refractivity contribution in [2.24, 2.45) is 0 Å². The lowest BCUT2D eigenvalue weighted by Crippen LogP contribution is -1.94. The van der Waals surface area contributed by atoms with Crippen molar-refractivity contribution in [2.45, 2.75) is 31.0 Å². The summed E-state index contributed by atoms with van der Waals surface area (Å²) >= 11 is 3.25. The van der Waals surface area contributed by atoms with Gasteiger partial charge in [-0.1, -0.05) is 18.2 Å². The first-order valence-electron chi connectivity index (χ1n) is 8.25. The van der Waals surface area contributed by atoms with Crippen LogP contribution in [0.25, 0.3) is 26.8 Å². The van der Waals surface area contributed by atoms with Crippen LogP contribution < -0.4 is 0 Å². The van der Waals surface area contributed by atoms with Crippen LogP contribution in [-0.2, 0) is 0 Å². The van der Waals surface area contributed by atoms with E-state index in [4.69, 9.17) is 0 Å². The number of aromatic nitrogens is 5. The van der Waals surface area contributed by atoms with E-state index < -0.39 is 0 Å². The summed E-state index contributed by atoms with van der Waals surface area (Å²) in [5.74, 6) is 0. The fourth-order valence-electron chi connectivity index (χ4n) is 3.25. The maximum Gasteiger partial charge on any atom is 0.202 e. The van der Waals surface area contributed by atoms with E-state index in [1.807, 2.05) is 6.07 Å². The number of rotatable bonds is 2. The molecule has 0 amide bonds. The van der Waals surface area contributed by atoms with Gasteiger partial charge in [0.25, 0.3) is 0 Å². The highest BCUT2D eigenvalue weighted by Gasteiger charge is 2.17. The number of thiophene rings is 1. The van der Waals surface area contributed by atoms with Crippen LogP contribution in [0.15, 0.2) is 46.8 Å². The van der Waals surface area contributed by atoms with Crippen molar-refractivity contribution in [1.29, 1.82) is 0 Å². The number of hydrogen-bond donors (Lipinski definition) is 0. The Bertz CT molecular complexity index is 1300. The quantitative estimate of drug-likeness (QED) is 0.407. The SMILES string of the molecule is Cc1sc2ncnc(Sc3nnc4cc(C)c5ccccc5n34)c2c1C. The largest absolute Gasteiger partial charge is 0.270 e. The van der Waals surface area contributed by atoms with Crippen LogP contribution in [0.2, 0.25) is 0 Å². The van der Waals surface area contributed by atoms with E-state index in [0.29, 0.717) is 0 Å². The molecule has 0 fully saturated rings. The predicted molar refractivity (Wildman–Crippen MR) is 106 cm³/mol. The molecule has 7 heteroatoms. The molecule has 0 aliphatic heterocycles. The van der Waals surface area contributed by atoms with Crippen molar-refractivity contribution in [1.82, 2.24) is 24.6 Å². The normalized spacial score (nSPS) is 11.8.